The van der Waals surface area contributed by atoms with Crippen molar-refractivity contribution < 1.29 is 18.2 Å². The third-order valence-electron chi connectivity index (χ3n) is 1.50. The maximum atomic E-state index is 12.4. The van der Waals surface area contributed by atoms with Gasteiger partial charge in [0.1, 0.15) is 0 Å². The quantitative estimate of drug-likeness (QED) is 0.560. The first-order valence-electron chi connectivity index (χ1n) is 3.82. The highest BCUT2D eigenvalue weighted by Gasteiger charge is 2.38. The second-order valence-corrected chi connectivity index (χ2v) is 2.63. The number of aromatic nitrogens is 6. The summed E-state index contributed by atoms with van der Waals surface area (Å²) >= 11 is 0. The molecule has 2 rings (SSSR count). The molecule has 0 fully saturated rings. The Hall–Kier alpha value is -2.60. The molecule has 0 aliphatic carbocycles. The van der Waals surface area contributed by atoms with Gasteiger partial charge in [-0.1, -0.05) is 5.43 Å². The third kappa shape index (κ3) is 2.01. The summed E-state index contributed by atoms with van der Waals surface area (Å²) in [6, 6.07) is 0. The topological polar surface area (TPSA) is 124 Å². The molecule has 0 saturated carbocycles. The number of nitrogens with one attached hydrogen (secondary N) is 1. The zero-order valence-electron chi connectivity index (χ0n) is 7.58. The molecule has 90 valence electrons. The Labute approximate surface area is 88.6 Å². The predicted molar refractivity (Wildman–Crippen MR) is 42.0 cm³/mol. The van der Waals surface area contributed by atoms with Crippen LogP contribution in [0.3, 0.4) is 0 Å². The highest BCUT2D eigenvalue weighted by atomic mass is 19.4. The van der Waals surface area contributed by atoms with Crippen molar-refractivity contribution in [3.05, 3.63) is 15.9 Å². The Bertz CT molecular complexity index is 578. The van der Waals surface area contributed by atoms with Gasteiger partial charge in [-0.3, -0.25) is 0 Å². The number of anilines is 1. The van der Waals surface area contributed by atoms with Crippen LogP contribution in [0.1, 0.15) is 5.82 Å². The Morgan fingerprint density at radius 3 is 2.47 bits per heavy atom. The van der Waals surface area contributed by atoms with Gasteiger partial charge in [-0.25, -0.2) is 10.1 Å². The van der Waals surface area contributed by atoms with Crippen molar-refractivity contribution in [3.8, 4) is 0 Å². The van der Waals surface area contributed by atoms with E-state index < -0.39 is 28.8 Å². The van der Waals surface area contributed by atoms with Gasteiger partial charge in [0.15, 0.2) is 5.03 Å². The number of hydrogen-bond donors (Lipinski definition) is 1. The number of rotatable bonds is 2. The fourth-order valence-corrected chi connectivity index (χ4v) is 0.936. The van der Waals surface area contributed by atoms with Gasteiger partial charge >= 0.3 is 12.1 Å². The van der Waals surface area contributed by atoms with Gasteiger partial charge in [0.25, 0.3) is 11.6 Å². The van der Waals surface area contributed by atoms with Crippen LogP contribution < -0.4 is 5.43 Å². The number of nitro groups is 1. The number of hydrazine groups is 1. The van der Waals surface area contributed by atoms with Crippen molar-refractivity contribution in [3.63, 3.8) is 0 Å². The fraction of sp³-hybridized carbons (Fsp3) is 0.250. The second-order valence-electron chi connectivity index (χ2n) is 2.63. The lowest BCUT2D eigenvalue weighted by Crippen LogP contribution is -2.17. The third-order valence-corrected chi connectivity index (χ3v) is 1.50. The van der Waals surface area contributed by atoms with E-state index in [0.29, 0.717) is 0 Å². The minimum atomic E-state index is -4.80. The summed E-state index contributed by atoms with van der Waals surface area (Å²) in [6.45, 7) is 0. The van der Waals surface area contributed by atoms with E-state index in [4.69, 9.17) is 0 Å². The molecule has 0 unspecified atom stereocenters. The van der Waals surface area contributed by atoms with Gasteiger partial charge in [-0.2, -0.15) is 17.7 Å². The molecule has 0 spiro atoms. The number of alkyl halides is 3. The van der Waals surface area contributed by atoms with E-state index in [1.54, 1.807) is 0 Å². The van der Waals surface area contributed by atoms with Crippen LogP contribution in [0.15, 0.2) is 0 Å². The van der Waals surface area contributed by atoms with Crippen molar-refractivity contribution in [1.82, 2.24) is 30.0 Å². The molecule has 0 aliphatic rings. The SMILES string of the molecule is O=[N+]([O-])Nc1nnc2nnc(C(F)(F)F)n2n1. The van der Waals surface area contributed by atoms with Crippen LogP contribution in [0.25, 0.3) is 5.78 Å². The molecule has 0 atom stereocenters. The van der Waals surface area contributed by atoms with Gasteiger partial charge in [0.2, 0.25) is 0 Å². The Morgan fingerprint density at radius 2 is 1.88 bits per heavy atom. The normalized spacial score (nSPS) is 11.7. The van der Waals surface area contributed by atoms with Crippen LogP contribution in [0.2, 0.25) is 0 Å². The van der Waals surface area contributed by atoms with E-state index in [-0.39, 0.29) is 4.52 Å². The van der Waals surface area contributed by atoms with Gasteiger partial charge in [0.05, 0.1) is 0 Å². The minimum Gasteiger partial charge on any atom is -0.234 e. The molecule has 0 aromatic carbocycles. The molecule has 0 saturated heterocycles. The number of nitrogens with zero attached hydrogens (tertiary/aromatic N) is 7. The zero-order valence-corrected chi connectivity index (χ0v) is 7.58. The summed E-state index contributed by atoms with van der Waals surface area (Å²) in [5, 5.41) is 24.4. The molecule has 2 aromatic rings. The second kappa shape index (κ2) is 3.46. The fourth-order valence-electron chi connectivity index (χ4n) is 0.936. The first-order valence-corrected chi connectivity index (χ1v) is 3.82. The number of halogens is 3. The standard InChI is InChI=1S/C4HF3N8O2/c5-4(6,7)1-8-10-3-11-9-2(12-14(1)3)13-15(16)17/h(H,12,13). The highest BCUT2D eigenvalue weighted by molar-refractivity contribution is 5.27. The Balaban J connectivity index is 2.54. The van der Waals surface area contributed by atoms with E-state index in [0.717, 1.165) is 0 Å². The van der Waals surface area contributed by atoms with E-state index in [9.17, 15) is 23.3 Å². The molecular weight excluding hydrogens is 249 g/mol. The summed E-state index contributed by atoms with van der Waals surface area (Å²) in [6.07, 6.45) is -4.80. The first-order chi connectivity index (χ1) is 7.88. The smallest absolute Gasteiger partial charge is 0.234 e. The van der Waals surface area contributed by atoms with Gasteiger partial charge in [-0.15, -0.1) is 25.5 Å². The van der Waals surface area contributed by atoms with Crippen molar-refractivity contribution in [2.24, 2.45) is 0 Å². The molecule has 0 amide bonds. The molecule has 10 nitrogen and oxygen atoms in total. The van der Waals surface area contributed by atoms with E-state index in [2.05, 4.69) is 25.5 Å². The molecular formula is C4HF3N8O2. The zero-order chi connectivity index (χ0) is 12.6. The van der Waals surface area contributed by atoms with Gasteiger partial charge in [-0.05, 0) is 0 Å². The van der Waals surface area contributed by atoms with Crippen LogP contribution in [-0.2, 0) is 6.18 Å². The molecule has 2 aromatic heterocycles. The van der Waals surface area contributed by atoms with Crippen LogP contribution in [0.4, 0.5) is 19.1 Å². The summed E-state index contributed by atoms with van der Waals surface area (Å²) in [7, 11) is 0. The summed E-state index contributed by atoms with van der Waals surface area (Å²) in [4.78, 5) is 10.0. The lowest BCUT2D eigenvalue weighted by molar-refractivity contribution is -0.446. The average Bonchev–Trinajstić information content (AvgIpc) is 2.58. The van der Waals surface area contributed by atoms with E-state index >= 15 is 0 Å². The number of fused-ring (bicyclic) bond motifs is 1. The van der Waals surface area contributed by atoms with Crippen LogP contribution in [0.5, 0.6) is 0 Å². The molecule has 17 heavy (non-hydrogen) atoms. The Morgan fingerprint density at radius 1 is 1.24 bits per heavy atom. The van der Waals surface area contributed by atoms with Crippen molar-refractivity contribution >= 4 is 11.7 Å². The van der Waals surface area contributed by atoms with Crippen LogP contribution in [0, 0.1) is 10.1 Å². The maximum Gasteiger partial charge on any atom is 0.453 e. The summed E-state index contributed by atoms with van der Waals surface area (Å²) in [5.41, 5.74) is 1.46. The number of hydrogen-bond acceptors (Lipinski definition) is 7. The lowest BCUT2D eigenvalue weighted by atomic mass is 10.6. The molecule has 0 aliphatic heterocycles. The van der Waals surface area contributed by atoms with E-state index in [1.807, 2.05) is 0 Å². The molecule has 1 N–H and O–H groups in total. The van der Waals surface area contributed by atoms with Crippen molar-refractivity contribution in [1.29, 1.82) is 0 Å². The summed E-state index contributed by atoms with van der Waals surface area (Å²) < 4.78 is 37.3. The predicted octanol–water partition coefficient (Wildman–Crippen LogP) is -0.463. The van der Waals surface area contributed by atoms with Crippen molar-refractivity contribution in [2.45, 2.75) is 6.18 Å². The van der Waals surface area contributed by atoms with Crippen LogP contribution >= 0.6 is 0 Å². The minimum absolute atomic E-state index is 0.207. The molecule has 0 radical (unpaired) electrons. The maximum absolute atomic E-state index is 12.4. The lowest BCUT2D eigenvalue weighted by Gasteiger charge is -2.02. The molecule has 13 heteroatoms. The highest BCUT2D eigenvalue weighted by Crippen LogP contribution is 2.26. The van der Waals surface area contributed by atoms with Gasteiger partial charge < -0.3 is 0 Å². The van der Waals surface area contributed by atoms with E-state index in [1.165, 1.54) is 5.43 Å². The average molecular weight is 250 g/mol. The van der Waals surface area contributed by atoms with Gasteiger partial charge in [0, 0.05) is 0 Å². The van der Waals surface area contributed by atoms with Crippen LogP contribution in [-0.4, -0.2) is 35.0 Å². The Kier molecular flexibility index (Phi) is 2.22. The largest absolute Gasteiger partial charge is 0.453 e. The molecule has 0 bridgehead atoms. The van der Waals surface area contributed by atoms with Crippen molar-refractivity contribution in [2.75, 3.05) is 5.43 Å². The first kappa shape index (κ1) is 10.9. The summed E-state index contributed by atoms with van der Waals surface area (Å²) in [5.74, 6) is -2.69. The molecule has 2 heterocycles. The monoisotopic (exact) mass is 250 g/mol.